The highest BCUT2D eigenvalue weighted by Crippen LogP contribution is 2.37. The highest BCUT2D eigenvalue weighted by atomic mass is 16.5. The minimum absolute atomic E-state index is 0.664. The lowest BCUT2D eigenvalue weighted by Gasteiger charge is -2.26. The monoisotopic (exact) mass is 340 g/mol. The molecule has 0 amide bonds. The average molecular weight is 340 g/mol. The topological polar surface area (TPSA) is 71.2 Å². The summed E-state index contributed by atoms with van der Waals surface area (Å²) in [4.78, 5) is 18.3. The molecular weight excluding hydrogens is 316 g/mol. The van der Waals surface area contributed by atoms with Gasteiger partial charge in [0.15, 0.2) is 5.82 Å². The number of aromatic nitrogens is 4. The molecule has 0 aromatic carbocycles. The van der Waals surface area contributed by atoms with Gasteiger partial charge in [-0.05, 0) is 31.6 Å². The molecule has 132 valence electrons. The van der Waals surface area contributed by atoms with E-state index in [1.807, 2.05) is 6.92 Å². The minimum Gasteiger partial charge on any atom is -0.356 e. The van der Waals surface area contributed by atoms with E-state index in [9.17, 15) is 0 Å². The van der Waals surface area contributed by atoms with Crippen LogP contribution in [0, 0.1) is 18.8 Å². The molecule has 2 saturated heterocycles. The van der Waals surface area contributed by atoms with Gasteiger partial charge in [0.05, 0.1) is 6.54 Å². The molecule has 1 saturated carbocycles. The van der Waals surface area contributed by atoms with E-state index < -0.39 is 0 Å². The second kappa shape index (κ2) is 6.05. The van der Waals surface area contributed by atoms with E-state index in [0.29, 0.717) is 23.6 Å². The Bertz CT molecular complexity index is 744. The van der Waals surface area contributed by atoms with E-state index in [4.69, 9.17) is 4.52 Å². The third kappa shape index (κ3) is 2.90. The summed E-state index contributed by atoms with van der Waals surface area (Å²) in [6, 6.07) is 2.23. The number of likely N-dealkylation sites (tertiary alicyclic amines) is 1. The van der Waals surface area contributed by atoms with Crippen LogP contribution >= 0.6 is 0 Å². The molecule has 7 heteroatoms. The van der Waals surface area contributed by atoms with E-state index in [1.54, 1.807) is 6.33 Å². The van der Waals surface area contributed by atoms with Crippen LogP contribution < -0.4 is 4.90 Å². The molecule has 2 atom stereocenters. The van der Waals surface area contributed by atoms with E-state index in [-0.39, 0.29) is 0 Å². The largest absolute Gasteiger partial charge is 0.356 e. The van der Waals surface area contributed by atoms with E-state index >= 15 is 0 Å². The van der Waals surface area contributed by atoms with Gasteiger partial charge in [0.2, 0.25) is 5.89 Å². The maximum atomic E-state index is 5.26. The number of hydrogen-bond donors (Lipinski definition) is 0. The van der Waals surface area contributed by atoms with Crippen LogP contribution in [0.2, 0.25) is 0 Å². The summed E-state index contributed by atoms with van der Waals surface area (Å²) in [5.41, 5.74) is 1.24. The normalized spacial score (nSPS) is 26.8. The van der Waals surface area contributed by atoms with Gasteiger partial charge in [-0.1, -0.05) is 11.6 Å². The van der Waals surface area contributed by atoms with Crippen LogP contribution in [-0.2, 0) is 6.54 Å². The van der Waals surface area contributed by atoms with Crippen molar-refractivity contribution in [3.63, 3.8) is 0 Å². The minimum atomic E-state index is 0.664. The van der Waals surface area contributed by atoms with Crippen LogP contribution in [0.3, 0.4) is 0 Å². The van der Waals surface area contributed by atoms with Crippen molar-refractivity contribution in [2.45, 2.75) is 38.6 Å². The smallest absolute Gasteiger partial charge is 0.240 e. The zero-order valence-electron chi connectivity index (χ0n) is 14.6. The third-order valence-corrected chi connectivity index (χ3v) is 6.01. The second-order valence-electron chi connectivity index (χ2n) is 7.78. The van der Waals surface area contributed by atoms with Crippen molar-refractivity contribution in [3.05, 3.63) is 29.8 Å². The summed E-state index contributed by atoms with van der Waals surface area (Å²) in [6.07, 6.45) is 5.66. The molecule has 2 aromatic rings. The van der Waals surface area contributed by atoms with Gasteiger partial charge in [-0.25, -0.2) is 9.97 Å². The first-order chi connectivity index (χ1) is 12.2. The average Bonchev–Trinajstić information content (AvgIpc) is 3.21. The zero-order valence-corrected chi connectivity index (χ0v) is 14.6. The Morgan fingerprint density at radius 2 is 1.92 bits per heavy atom. The van der Waals surface area contributed by atoms with Crippen molar-refractivity contribution < 1.29 is 4.52 Å². The Labute approximate surface area is 147 Å². The quantitative estimate of drug-likeness (QED) is 0.843. The Hall–Kier alpha value is -2.02. The predicted octanol–water partition coefficient (Wildman–Crippen LogP) is 2.00. The van der Waals surface area contributed by atoms with E-state index in [2.05, 4.69) is 36.0 Å². The molecule has 1 aliphatic carbocycles. The molecule has 7 nitrogen and oxygen atoms in total. The fraction of sp³-hybridized carbons (Fsp3) is 0.667. The van der Waals surface area contributed by atoms with Crippen molar-refractivity contribution in [1.82, 2.24) is 25.0 Å². The molecule has 0 N–H and O–H groups in total. The maximum Gasteiger partial charge on any atom is 0.240 e. The molecule has 0 radical (unpaired) electrons. The van der Waals surface area contributed by atoms with Crippen molar-refractivity contribution in [3.8, 4) is 0 Å². The first-order valence-corrected chi connectivity index (χ1v) is 9.33. The predicted molar refractivity (Wildman–Crippen MR) is 92.1 cm³/mol. The van der Waals surface area contributed by atoms with Crippen LogP contribution in [-0.4, -0.2) is 51.2 Å². The van der Waals surface area contributed by atoms with Gasteiger partial charge in [-0.15, -0.1) is 0 Å². The molecule has 0 bridgehead atoms. The Balaban J connectivity index is 1.22. The lowest BCUT2D eigenvalue weighted by atomic mass is 9.83. The number of fused-ring (bicyclic) bond motifs is 1. The Kier molecular flexibility index (Phi) is 3.69. The first-order valence-electron chi connectivity index (χ1n) is 9.33. The first kappa shape index (κ1) is 15.3. The molecule has 0 spiro atoms. The molecule has 3 aliphatic rings. The van der Waals surface area contributed by atoms with Crippen molar-refractivity contribution in [2.75, 3.05) is 31.1 Å². The van der Waals surface area contributed by atoms with Crippen LogP contribution in [0.25, 0.3) is 0 Å². The summed E-state index contributed by atoms with van der Waals surface area (Å²) >= 11 is 0. The lowest BCUT2D eigenvalue weighted by molar-refractivity contribution is 0.255. The number of aryl methyl sites for hydroxylation is 1. The van der Waals surface area contributed by atoms with Crippen molar-refractivity contribution in [1.29, 1.82) is 0 Å². The molecule has 3 fully saturated rings. The number of rotatable bonds is 4. The number of nitrogens with zero attached hydrogens (tertiary/aromatic N) is 6. The van der Waals surface area contributed by atoms with Crippen LogP contribution in [0.5, 0.6) is 0 Å². The molecule has 25 heavy (non-hydrogen) atoms. The van der Waals surface area contributed by atoms with Crippen molar-refractivity contribution >= 4 is 5.82 Å². The van der Waals surface area contributed by atoms with Gasteiger partial charge in [-0.2, -0.15) is 4.98 Å². The van der Waals surface area contributed by atoms with Crippen LogP contribution in [0.4, 0.5) is 5.82 Å². The van der Waals surface area contributed by atoms with Crippen LogP contribution in [0.15, 0.2) is 16.9 Å². The van der Waals surface area contributed by atoms with Gasteiger partial charge in [0.25, 0.3) is 0 Å². The highest BCUT2D eigenvalue weighted by molar-refractivity contribution is 5.42. The summed E-state index contributed by atoms with van der Waals surface area (Å²) in [6.45, 7) is 7.01. The Morgan fingerprint density at radius 3 is 2.56 bits per heavy atom. The Morgan fingerprint density at radius 1 is 1.12 bits per heavy atom. The molecule has 5 rings (SSSR count). The SMILES string of the molecule is Cc1noc(CN2CC3CN(c4cc(C5CCC5)ncn4)CC3C2)n1. The highest BCUT2D eigenvalue weighted by Gasteiger charge is 2.40. The lowest BCUT2D eigenvalue weighted by Crippen LogP contribution is -2.29. The third-order valence-electron chi connectivity index (χ3n) is 6.01. The summed E-state index contributed by atoms with van der Waals surface area (Å²) in [7, 11) is 0. The van der Waals surface area contributed by atoms with Gasteiger partial charge in [0.1, 0.15) is 12.1 Å². The summed E-state index contributed by atoms with van der Waals surface area (Å²) in [5.74, 6) is 4.63. The second-order valence-corrected chi connectivity index (χ2v) is 7.78. The van der Waals surface area contributed by atoms with Gasteiger partial charge in [-0.3, -0.25) is 4.90 Å². The molecular formula is C18H24N6O. The zero-order chi connectivity index (χ0) is 16.8. The molecule has 2 aliphatic heterocycles. The van der Waals surface area contributed by atoms with Gasteiger partial charge >= 0.3 is 0 Å². The maximum absolute atomic E-state index is 5.26. The van der Waals surface area contributed by atoms with Gasteiger partial charge in [0, 0.05) is 43.9 Å². The molecule has 4 heterocycles. The molecule has 2 aromatic heterocycles. The van der Waals surface area contributed by atoms with E-state index in [0.717, 1.165) is 44.4 Å². The van der Waals surface area contributed by atoms with Crippen molar-refractivity contribution in [2.24, 2.45) is 11.8 Å². The molecule has 2 unspecified atom stereocenters. The standard InChI is InChI=1S/C18H24N6O/c1-12-21-18(25-22-12)10-23-6-14-8-24(9-15(14)7-23)17-5-16(19-11-20-17)13-3-2-4-13/h5,11,13-15H,2-4,6-10H2,1H3. The van der Waals surface area contributed by atoms with Crippen LogP contribution in [0.1, 0.15) is 42.6 Å². The summed E-state index contributed by atoms with van der Waals surface area (Å²) < 4.78 is 5.26. The number of hydrogen-bond acceptors (Lipinski definition) is 7. The summed E-state index contributed by atoms with van der Waals surface area (Å²) in [5, 5.41) is 3.88. The number of anilines is 1. The fourth-order valence-electron chi connectivity index (χ4n) is 4.46. The fourth-order valence-corrected chi connectivity index (χ4v) is 4.46. The van der Waals surface area contributed by atoms with E-state index in [1.165, 1.54) is 25.0 Å². The van der Waals surface area contributed by atoms with Gasteiger partial charge < -0.3 is 9.42 Å².